The monoisotopic (exact) mass is 602 g/mol. The van der Waals surface area contributed by atoms with Gasteiger partial charge in [-0.05, 0) is 40.5 Å². The molecule has 6 aromatic rings. The van der Waals surface area contributed by atoms with Crippen molar-refractivity contribution in [3.63, 3.8) is 0 Å². The summed E-state index contributed by atoms with van der Waals surface area (Å²) in [6.45, 7) is 2.41. The third-order valence-electron chi connectivity index (χ3n) is 7.09. The Morgan fingerprint density at radius 2 is 1.45 bits per heavy atom. The number of para-hydroxylation sites is 1. The summed E-state index contributed by atoms with van der Waals surface area (Å²) in [6.07, 6.45) is 1.71. The molecule has 0 saturated carbocycles. The Morgan fingerprint density at radius 3 is 2.07 bits per heavy atom. The molecule has 1 N–H and O–H groups in total. The van der Waals surface area contributed by atoms with Crippen molar-refractivity contribution < 1.29 is 14.5 Å². The highest BCUT2D eigenvalue weighted by atomic mass is 32.1. The van der Waals surface area contributed by atoms with Crippen LogP contribution >= 0.6 is 11.3 Å². The number of aromatic nitrogens is 4. The van der Waals surface area contributed by atoms with Crippen molar-refractivity contribution in [2.75, 3.05) is 11.9 Å². The molecule has 0 aliphatic carbocycles. The van der Waals surface area contributed by atoms with Crippen molar-refractivity contribution in [1.82, 2.24) is 20.1 Å². The van der Waals surface area contributed by atoms with Crippen LogP contribution in [0.2, 0.25) is 0 Å². The van der Waals surface area contributed by atoms with E-state index in [0.29, 0.717) is 28.5 Å². The molecule has 0 aliphatic heterocycles. The number of hydrogen-bond donors (Lipinski definition) is 1. The zero-order valence-corrected chi connectivity index (χ0v) is 24.9. The molecular weight excluding hydrogens is 572 g/mol. The average Bonchev–Trinajstić information content (AvgIpc) is 3.72. The molecule has 0 unspecified atom stereocenters. The lowest BCUT2D eigenvalue weighted by molar-refractivity contribution is -0.137. The molecule has 0 aliphatic rings. The summed E-state index contributed by atoms with van der Waals surface area (Å²) in [5.41, 5.74) is 3.69. The van der Waals surface area contributed by atoms with Gasteiger partial charge in [0.2, 0.25) is 5.71 Å². The second-order valence-electron chi connectivity index (χ2n) is 9.97. The number of oxime groups is 1. The van der Waals surface area contributed by atoms with Crippen LogP contribution in [0, 0.1) is 0 Å². The van der Waals surface area contributed by atoms with Crippen LogP contribution in [0.3, 0.4) is 0 Å². The van der Waals surface area contributed by atoms with Crippen LogP contribution in [-0.4, -0.2) is 38.4 Å². The molecular formula is C34H30N6O3S. The maximum Gasteiger partial charge on any atom is 0.389 e. The molecule has 0 radical (unpaired) electrons. The van der Waals surface area contributed by atoms with E-state index in [1.165, 1.54) is 11.3 Å². The molecule has 0 bridgehead atoms. The van der Waals surface area contributed by atoms with Gasteiger partial charge in [-0.15, -0.1) is 16.4 Å². The summed E-state index contributed by atoms with van der Waals surface area (Å²) in [4.78, 5) is 30.5. The van der Waals surface area contributed by atoms with E-state index < -0.39 is 11.5 Å². The summed E-state index contributed by atoms with van der Waals surface area (Å²) in [6, 6.07) is 37.9. The molecule has 0 fully saturated rings. The lowest BCUT2D eigenvalue weighted by atomic mass is 9.77. The largest absolute Gasteiger partial charge is 0.395 e. The smallest absolute Gasteiger partial charge is 0.389 e. The highest BCUT2D eigenvalue weighted by Gasteiger charge is 2.37. The fourth-order valence-electron chi connectivity index (χ4n) is 4.93. The first-order valence-corrected chi connectivity index (χ1v) is 15.2. The molecule has 9 nitrogen and oxygen atoms in total. The Bertz CT molecular complexity index is 1760. The first kappa shape index (κ1) is 28.8. The summed E-state index contributed by atoms with van der Waals surface area (Å²) < 4.78 is 0. The number of carbonyl (C=O) groups excluding carboxylic acids is 1. The second-order valence-corrected chi connectivity index (χ2v) is 10.8. The summed E-state index contributed by atoms with van der Waals surface area (Å²) in [7, 11) is 0. The first-order valence-electron chi connectivity index (χ1n) is 14.3. The van der Waals surface area contributed by atoms with Crippen LogP contribution in [-0.2, 0) is 15.2 Å². The molecule has 44 heavy (non-hydrogen) atoms. The molecule has 6 rings (SSSR count). The van der Waals surface area contributed by atoms with Crippen LogP contribution < -0.4 is 10.2 Å². The SMILES string of the molecule is CCCCON=C(C(=O)On1nnc2ccccc21)c1csc(NC(c2ccccc2)(c2ccccc2)c2ccccc2)n1. The molecule has 0 saturated heterocycles. The van der Waals surface area contributed by atoms with Crippen LogP contribution in [0.25, 0.3) is 11.0 Å². The van der Waals surface area contributed by atoms with Gasteiger partial charge in [0.1, 0.15) is 28.9 Å². The van der Waals surface area contributed by atoms with Gasteiger partial charge in [-0.2, -0.15) is 0 Å². The van der Waals surface area contributed by atoms with Gasteiger partial charge in [0.15, 0.2) is 5.13 Å². The van der Waals surface area contributed by atoms with Gasteiger partial charge in [-0.3, -0.25) is 0 Å². The quantitative estimate of drug-likeness (QED) is 0.0563. The number of fused-ring (bicyclic) bond motifs is 1. The highest BCUT2D eigenvalue weighted by Crippen LogP contribution is 2.40. The Hall–Kier alpha value is -5.35. The van der Waals surface area contributed by atoms with Gasteiger partial charge >= 0.3 is 5.97 Å². The lowest BCUT2D eigenvalue weighted by Gasteiger charge is -2.36. The Kier molecular flexibility index (Phi) is 8.70. The predicted octanol–water partition coefficient (Wildman–Crippen LogP) is 6.47. The number of benzene rings is 4. The third-order valence-corrected chi connectivity index (χ3v) is 7.85. The van der Waals surface area contributed by atoms with Crippen molar-refractivity contribution in [1.29, 1.82) is 0 Å². The number of nitrogens with one attached hydrogen (secondary N) is 1. The first-order chi connectivity index (χ1) is 21.7. The highest BCUT2D eigenvalue weighted by molar-refractivity contribution is 7.14. The van der Waals surface area contributed by atoms with Crippen LogP contribution in [0.1, 0.15) is 42.1 Å². The number of thiazole rings is 1. The molecule has 0 amide bonds. The van der Waals surface area contributed by atoms with E-state index in [4.69, 9.17) is 14.7 Å². The average molecular weight is 603 g/mol. The zero-order valence-electron chi connectivity index (χ0n) is 24.0. The van der Waals surface area contributed by atoms with Gasteiger partial charge in [0.05, 0.1) is 0 Å². The summed E-state index contributed by atoms with van der Waals surface area (Å²) >= 11 is 1.36. The van der Waals surface area contributed by atoms with E-state index in [1.54, 1.807) is 17.5 Å². The Labute approximate surface area is 258 Å². The van der Waals surface area contributed by atoms with Gasteiger partial charge in [-0.25, -0.2) is 9.78 Å². The molecule has 0 spiro atoms. The van der Waals surface area contributed by atoms with E-state index in [2.05, 4.69) is 64.1 Å². The third kappa shape index (κ3) is 5.93. The number of anilines is 1. The number of rotatable bonds is 12. The Balaban J connectivity index is 1.39. The zero-order chi connectivity index (χ0) is 30.2. The van der Waals surface area contributed by atoms with E-state index >= 15 is 0 Å². The minimum atomic E-state index is -0.784. The summed E-state index contributed by atoms with van der Waals surface area (Å²) in [5, 5.41) is 18.3. The van der Waals surface area contributed by atoms with Gasteiger partial charge in [-0.1, -0.05) is 126 Å². The van der Waals surface area contributed by atoms with Crippen molar-refractivity contribution in [2.45, 2.75) is 25.3 Å². The van der Waals surface area contributed by atoms with E-state index in [1.807, 2.05) is 66.7 Å². The topological polar surface area (TPSA) is 104 Å². The maximum absolute atomic E-state index is 13.5. The predicted molar refractivity (Wildman–Crippen MR) is 171 cm³/mol. The molecule has 2 aromatic heterocycles. The molecule has 10 heteroatoms. The van der Waals surface area contributed by atoms with E-state index in [-0.39, 0.29) is 5.71 Å². The molecule has 0 atom stereocenters. The minimum Gasteiger partial charge on any atom is -0.395 e. The van der Waals surface area contributed by atoms with Crippen molar-refractivity contribution >= 4 is 39.2 Å². The molecule has 220 valence electrons. The lowest BCUT2D eigenvalue weighted by Crippen LogP contribution is -2.38. The molecule has 4 aromatic carbocycles. The number of hydrogen-bond acceptors (Lipinski definition) is 9. The van der Waals surface area contributed by atoms with Gasteiger partial charge < -0.3 is 15.0 Å². The fraction of sp³-hybridized carbons (Fsp3) is 0.147. The standard InChI is InChI=1S/C34H30N6O3S/c1-2-3-23-42-38-31(32(41)43-40-30-22-14-13-21-28(30)37-39-40)29-24-44-33(35-29)36-34(25-15-7-4-8-16-25,26-17-9-5-10-18-26)27-19-11-6-12-20-27/h4-22,24H,2-3,23H2,1H3,(H,35,36). The van der Waals surface area contributed by atoms with Crippen LogP contribution in [0.4, 0.5) is 5.13 Å². The Morgan fingerprint density at radius 1 is 0.864 bits per heavy atom. The van der Waals surface area contributed by atoms with Crippen molar-refractivity contribution in [2.24, 2.45) is 5.16 Å². The number of carbonyl (C=O) groups is 1. The van der Waals surface area contributed by atoms with Crippen LogP contribution in [0.5, 0.6) is 0 Å². The fourth-order valence-corrected chi connectivity index (χ4v) is 5.68. The van der Waals surface area contributed by atoms with Gasteiger partial charge in [0.25, 0.3) is 0 Å². The van der Waals surface area contributed by atoms with Crippen molar-refractivity contribution in [3.8, 4) is 0 Å². The maximum atomic E-state index is 13.5. The van der Waals surface area contributed by atoms with Crippen LogP contribution in [0.15, 0.2) is 126 Å². The normalized spacial score (nSPS) is 11.8. The van der Waals surface area contributed by atoms with Gasteiger partial charge in [0, 0.05) is 5.38 Å². The number of nitrogens with zero attached hydrogens (tertiary/aromatic N) is 5. The number of unbranched alkanes of at least 4 members (excludes halogenated alkanes) is 1. The second kappa shape index (κ2) is 13.3. The molecule has 2 heterocycles. The van der Waals surface area contributed by atoms with E-state index in [0.717, 1.165) is 34.4 Å². The summed E-state index contributed by atoms with van der Waals surface area (Å²) in [5.74, 6) is -0.769. The minimum absolute atomic E-state index is 0.0743. The van der Waals surface area contributed by atoms with E-state index in [9.17, 15) is 4.79 Å². The van der Waals surface area contributed by atoms with Crippen molar-refractivity contribution in [3.05, 3.63) is 143 Å².